The van der Waals surface area contributed by atoms with Crippen LogP contribution in [0.1, 0.15) is 30.6 Å². The van der Waals surface area contributed by atoms with E-state index in [1.807, 2.05) is 56.3 Å². The van der Waals surface area contributed by atoms with Crippen LogP contribution in [0, 0.1) is 6.92 Å². The second kappa shape index (κ2) is 6.44. The summed E-state index contributed by atoms with van der Waals surface area (Å²) in [5, 5.41) is 10.0. The highest BCUT2D eigenvalue weighted by Crippen LogP contribution is 2.35. The van der Waals surface area contributed by atoms with Crippen molar-refractivity contribution in [3.63, 3.8) is 0 Å². The van der Waals surface area contributed by atoms with E-state index in [-0.39, 0.29) is 0 Å². The zero-order chi connectivity index (χ0) is 14.5. The lowest BCUT2D eigenvalue weighted by molar-refractivity contribution is 0.170. The molecule has 3 heteroatoms. The van der Waals surface area contributed by atoms with Crippen LogP contribution in [-0.2, 0) is 0 Å². The summed E-state index contributed by atoms with van der Waals surface area (Å²) in [5.74, 6) is 1.99. The number of ether oxygens (including phenoxy) is 2. The zero-order valence-electron chi connectivity index (χ0n) is 12.1. The number of benzene rings is 2. The first-order valence-electron chi connectivity index (χ1n) is 6.75. The molecule has 0 amide bonds. The summed E-state index contributed by atoms with van der Waals surface area (Å²) in [5.41, 5.74) is 1.90. The number of hydrogen-bond donors (Lipinski definition) is 1. The molecule has 0 aliphatic heterocycles. The first kappa shape index (κ1) is 14.4. The van der Waals surface area contributed by atoms with Gasteiger partial charge in [-0.1, -0.05) is 31.2 Å². The molecule has 20 heavy (non-hydrogen) atoms. The van der Waals surface area contributed by atoms with Crippen molar-refractivity contribution in [1.82, 2.24) is 0 Å². The fraction of sp³-hybridized carbons (Fsp3) is 0.294. The van der Waals surface area contributed by atoms with Crippen molar-refractivity contribution in [3.8, 4) is 17.2 Å². The number of aryl methyl sites for hydroxylation is 1. The number of rotatable bonds is 5. The molecule has 0 radical (unpaired) electrons. The molecule has 0 unspecified atom stereocenters. The Morgan fingerprint density at radius 3 is 2.50 bits per heavy atom. The Hall–Kier alpha value is -2.00. The fourth-order valence-electron chi connectivity index (χ4n) is 2.05. The van der Waals surface area contributed by atoms with Crippen molar-refractivity contribution >= 4 is 0 Å². The summed E-state index contributed by atoms with van der Waals surface area (Å²) in [6.07, 6.45) is 0.119. The van der Waals surface area contributed by atoms with Gasteiger partial charge < -0.3 is 14.6 Å². The standard InChI is InChI=1S/C17H20O3/c1-4-14(18)13-7-5-6-8-15(13)20-16-10-9-12(2)11-17(16)19-3/h5-11,14,18H,4H2,1-3H3/t14-/m0/s1. The van der Waals surface area contributed by atoms with E-state index >= 15 is 0 Å². The largest absolute Gasteiger partial charge is 0.493 e. The fourth-order valence-corrected chi connectivity index (χ4v) is 2.05. The van der Waals surface area contributed by atoms with E-state index in [9.17, 15) is 5.11 Å². The highest BCUT2D eigenvalue weighted by atomic mass is 16.5. The SMILES string of the molecule is CC[C@H](O)c1ccccc1Oc1ccc(C)cc1OC. The average Bonchev–Trinajstić information content (AvgIpc) is 2.48. The van der Waals surface area contributed by atoms with E-state index in [1.54, 1.807) is 7.11 Å². The van der Waals surface area contributed by atoms with Crippen LogP contribution in [0.3, 0.4) is 0 Å². The lowest BCUT2D eigenvalue weighted by Crippen LogP contribution is -1.99. The van der Waals surface area contributed by atoms with Gasteiger partial charge in [-0.25, -0.2) is 0 Å². The van der Waals surface area contributed by atoms with Crippen LogP contribution in [0.15, 0.2) is 42.5 Å². The van der Waals surface area contributed by atoms with E-state index < -0.39 is 6.10 Å². The molecule has 0 fully saturated rings. The molecule has 3 nitrogen and oxygen atoms in total. The second-order valence-electron chi connectivity index (χ2n) is 4.72. The first-order valence-corrected chi connectivity index (χ1v) is 6.75. The van der Waals surface area contributed by atoms with Crippen LogP contribution in [0.2, 0.25) is 0 Å². The molecule has 0 aromatic heterocycles. The lowest BCUT2D eigenvalue weighted by atomic mass is 10.1. The van der Waals surface area contributed by atoms with E-state index in [0.29, 0.717) is 23.7 Å². The molecule has 0 bridgehead atoms. The topological polar surface area (TPSA) is 38.7 Å². The van der Waals surface area contributed by atoms with Gasteiger partial charge >= 0.3 is 0 Å². The molecule has 0 heterocycles. The Morgan fingerprint density at radius 2 is 1.80 bits per heavy atom. The average molecular weight is 272 g/mol. The van der Waals surface area contributed by atoms with Crippen LogP contribution >= 0.6 is 0 Å². The minimum atomic E-state index is -0.525. The van der Waals surface area contributed by atoms with Gasteiger partial charge in [0.15, 0.2) is 11.5 Å². The van der Waals surface area contributed by atoms with Gasteiger partial charge in [0.05, 0.1) is 13.2 Å². The zero-order valence-corrected chi connectivity index (χ0v) is 12.1. The van der Waals surface area contributed by atoms with Crippen molar-refractivity contribution in [3.05, 3.63) is 53.6 Å². The lowest BCUT2D eigenvalue weighted by Gasteiger charge is -2.16. The van der Waals surface area contributed by atoms with Gasteiger partial charge in [0.25, 0.3) is 0 Å². The van der Waals surface area contributed by atoms with E-state index in [1.165, 1.54) is 0 Å². The number of methoxy groups -OCH3 is 1. The summed E-state index contributed by atoms with van der Waals surface area (Å²) in [4.78, 5) is 0. The number of aliphatic hydroxyl groups is 1. The Labute approximate surface area is 119 Å². The molecule has 2 aromatic carbocycles. The van der Waals surface area contributed by atoms with E-state index in [2.05, 4.69) is 0 Å². The number of hydrogen-bond acceptors (Lipinski definition) is 3. The van der Waals surface area contributed by atoms with Crippen LogP contribution in [0.4, 0.5) is 0 Å². The molecule has 0 saturated heterocycles. The van der Waals surface area contributed by atoms with Gasteiger partial charge in [0.2, 0.25) is 0 Å². The van der Waals surface area contributed by atoms with Crippen LogP contribution in [0.25, 0.3) is 0 Å². The normalized spacial score (nSPS) is 12.0. The van der Waals surface area contributed by atoms with Gasteiger partial charge in [-0.05, 0) is 37.1 Å². The van der Waals surface area contributed by atoms with Gasteiger partial charge in [0.1, 0.15) is 5.75 Å². The predicted molar refractivity (Wildman–Crippen MR) is 79.5 cm³/mol. The monoisotopic (exact) mass is 272 g/mol. The highest BCUT2D eigenvalue weighted by molar-refractivity contribution is 5.47. The second-order valence-corrected chi connectivity index (χ2v) is 4.72. The highest BCUT2D eigenvalue weighted by Gasteiger charge is 2.13. The van der Waals surface area contributed by atoms with E-state index in [0.717, 1.165) is 11.1 Å². The Bertz CT molecular complexity index is 578. The molecule has 0 aliphatic rings. The van der Waals surface area contributed by atoms with Gasteiger partial charge in [-0.15, -0.1) is 0 Å². The third-order valence-corrected chi connectivity index (χ3v) is 3.20. The number of para-hydroxylation sites is 1. The van der Waals surface area contributed by atoms with Crippen molar-refractivity contribution < 1.29 is 14.6 Å². The maximum Gasteiger partial charge on any atom is 0.169 e. The molecular formula is C17H20O3. The first-order chi connectivity index (χ1) is 9.65. The molecule has 0 spiro atoms. The van der Waals surface area contributed by atoms with E-state index in [4.69, 9.17) is 9.47 Å². The van der Waals surface area contributed by atoms with Crippen LogP contribution in [0.5, 0.6) is 17.2 Å². The van der Waals surface area contributed by atoms with Crippen molar-refractivity contribution in [2.24, 2.45) is 0 Å². The molecule has 2 aromatic rings. The molecule has 0 aliphatic carbocycles. The summed E-state index contributed by atoms with van der Waals surface area (Å²) in [6.45, 7) is 3.94. The Balaban J connectivity index is 2.35. The van der Waals surface area contributed by atoms with Crippen molar-refractivity contribution in [2.75, 3.05) is 7.11 Å². The maximum atomic E-state index is 10.0. The summed E-state index contributed by atoms with van der Waals surface area (Å²) >= 11 is 0. The third-order valence-electron chi connectivity index (χ3n) is 3.20. The number of aliphatic hydroxyl groups excluding tert-OH is 1. The van der Waals surface area contributed by atoms with Crippen LogP contribution < -0.4 is 9.47 Å². The smallest absolute Gasteiger partial charge is 0.169 e. The Morgan fingerprint density at radius 1 is 1.05 bits per heavy atom. The maximum absolute atomic E-state index is 10.0. The Kier molecular flexibility index (Phi) is 4.64. The van der Waals surface area contributed by atoms with Crippen molar-refractivity contribution in [2.45, 2.75) is 26.4 Å². The molecule has 1 atom stereocenters. The molecule has 1 N–H and O–H groups in total. The minimum Gasteiger partial charge on any atom is -0.493 e. The summed E-state index contributed by atoms with van der Waals surface area (Å²) < 4.78 is 11.3. The van der Waals surface area contributed by atoms with Crippen LogP contribution in [-0.4, -0.2) is 12.2 Å². The predicted octanol–water partition coefficient (Wildman–Crippen LogP) is 4.24. The molecular weight excluding hydrogens is 252 g/mol. The van der Waals surface area contributed by atoms with Gasteiger partial charge in [-0.2, -0.15) is 0 Å². The minimum absolute atomic E-state index is 0.525. The summed E-state index contributed by atoms with van der Waals surface area (Å²) in [6, 6.07) is 13.3. The van der Waals surface area contributed by atoms with Gasteiger partial charge in [0, 0.05) is 5.56 Å². The quantitative estimate of drug-likeness (QED) is 0.884. The molecule has 2 rings (SSSR count). The molecule has 0 saturated carbocycles. The van der Waals surface area contributed by atoms with Crippen molar-refractivity contribution in [1.29, 1.82) is 0 Å². The third kappa shape index (κ3) is 3.11. The van der Waals surface area contributed by atoms with Gasteiger partial charge in [-0.3, -0.25) is 0 Å². The molecule has 106 valence electrons. The summed E-state index contributed by atoms with van der Waals surface area (Å²) in [7, 11) is 1.62.